The molecule has 0 unspecified atom stereocenters. The monoisotopic (exact) mass is 563 g/mol. The summed E-state index contributed by atoms with van der Waals surface area (Å²) < 4.78 is 6.25. The summed E-state index contributed by atoms with van der Waals surface area (Å²) in [6.45, 7) is 0. The second-order valence-corrected chi connectivity index (χ2v) is 11.0. The molecule has 8 aromatic rings. The molecular formula is C42H29NO. The molecule has 2 heteroatoms. The highest BCUT2D eigenvalue weighted by molar-refractivity contribution is 5.90. The van der Waals surface area contributed by atoms with Crippen LogP contribution in [0.1, 0.15) is 0 Å². The van der Waals surface area contributed by atoms with E-state index < -0.39 is 0 Å². The normalized spacial score (nSPS) is 11.2. The van der Waals surface area contributed by atoms with Gasteiger partial charge in [0, 0.05) is 28.0 Å². The summed E-state index contributed by atoms with van der Waals surface area (Å²) in [4.78, 5) is 2.30. The second kappa shape index (κ2) is 11.1. The van der Waals surface area contributed by atoms with Gasteiger partial charge in [-0.3, -0.25) is 0 Å². The molecule has 0 aliphatic carbocycles. The van der Waals surface area contributed by atoms with Crippen molar-refractivity contribution in [2.75, 3.05) is 4.90 Å². The zero-order valence-electron chi connectivity index (χ0n) is 24.1. The van der Waals surface area contributed by atoms with Crippen molar-refractivity contribution < 1.29 is 4.42 Å². The summed E-state index contributed by atoms with van der Waals surface area (Å²) in [5, 5.41) is 3.62. The smallest absolute Gasteiger partial charge is 0.136 e. The van der Waals surface area contributed by atoms with Gasteiger partial charge in [0.1, 0.15) is 11.3 Å². The molecule has 0 saturated heterocycles. The Balaban J connectivity index is 1.15. The number of anilines is 3. The largest absolute Gasteiger partial charge is 0.456 e. The van der Waals surface area contributed by atoms with Crippen LogP contribution >= 0.6 is 0 Å². The van der Waals surface area contributed by atoms with Gasteiger partial charge in [-0.2, -0.15) is 0 Å². The zero-order chi connectivity index (χ0) is 29.3. The zero-order valence-corrected chi connectivity index (χ0v) is 24.1. The minimum Gasteiger partial charge on any atom is -0.456 e. The Kier molecular flexibility index (Phi) is 6.51. The highest BCUT2D eigenvalue weighted by Gasteiger charge is 2.15. The second-order valence-electron chi connectivity index (χ2n) is 11.0. The van der Waals surface area contributed by atoms with Crippen molar-refractivity contribution in [2.24, 2.45) is 0 Å². The molecule has 0 radical (unpaired) electrons. The Morgan fingerprint density at radius 2 is 0.886 bits per heavy atom. The lowest BCUT2D eigenvalue weighted by molar-refractivity contribution is 0.632. The Morgan fingerprint density at radius 3 is 1.61 bits per heavy atom. The fraction of sp³-hybridized carbons (Fsp3) is 0. The van der Waals surface area contributed by atoms with Crippen molar-refractivity contribution in [1.29, 1.82) is 0 Å². The summed E-state index contributed by atoms with van der Waals surface area (Å²) in [7, 11) is 0. The molecule has 1 heterocycles. The fourth-order valence-electron chi connectivity index (χ4n) is 6.05. The van der Waals surface area contributed by atoms with Crippen LogP contribution in [0.4, 0.5) is 17.1 Å². The van der Waals surface area contributed by atoms with Gasteiger partial charge >= 0.3 is 0 Å². The molecule has 2 nitrogen and oxygen atoms in total. The van der Waals surface area contributed by atoms with E-state index in [0.717, 1.165) is 50.5 Å². The van der Waals surface area contributed by atoms with E-state index in [2.05, 4.69) is 163 Å². The van der Waals surface area contributed by atoms with E-state index in [0.29, 0.717) is 0 Å². The Morgan fingerprint density at radius 1 is 0.341 bits per heavy atom. The molecule has 0 aliphatic rings. The molecule has 8 rings (SSSR count). The van der Waals surface area contributed by atoms with Crippen molar-refractivity contribution in [3.63, 3.8) is 0 Å². The molecule has 0 atom stereocenters. The van der Waals surface area contributed by atoms with Crippen molar-refractivity contribution in [2.45, 2.75) is 0 Å². The Hall–Kier alpha value is -5.86. The predicted octanol–water partition coefficient (Wildman–Crippen LogP) is 12.1. The van der Waals surface area contributed by atoms with Crippen molar-refractivity contribution in [1.82, 2.24) is 0 Å². The van der Waals surface area contributed by atoms with Gasteiger partial charge in [0.2, 0.25) is 0 Å². The quantitative estimate of drug-likeness (QED) is 0.200. The number of rotatable bonds is 6. The fourth-order valence-corrected chi connectivity index (χ4v) is 6.05. The SMILES string of the molecule is c1ccc(N(c2ccc(-c3ccc4ccccc4c3)cc2)c2ccc(-c3ccccc3-c3cc4ccccc4o3)cc2)cc1. The maximum atomic E-state index is 6.25. The van der Waals surface area contributed by atoms with Crippen LogP contribution in [0.15, 0.2) is 180 Å². The van der Waals surface area contributed by atoms with Crippen molar-refractivity contribution >= 4 is 38.8 Å². The van der Waals surface area contributed by atoms with Crippen LogP contribution in [0, 0.1) is 0 Å². The van der Waals surface area contributed by atoms with E-state index in [1.807, 2.05) is 18.2 Å². The third-order valence-corrected chi connectivity index (χ3v) is 8.28. The lowest BCUT2D eigenvalue weighted by Gasteiger charge is -2.26. The number of fused-ring (bicyclic) bond motifs is 2. The molecule has 208 valence electrons. The maximum Gasteiger partial charge on any atom is 0.136 e. The minimum atomic E-state index is 0.878. The van der Waals surface area contributed by atoms with E-state index in [4.69, 9.17) is 4.42 Å². The standard InChI is InChI=1S/C42H29NO/c1-2-13-36(14-3-1)43(37-24-20-31(21-25-37)34-19-18-30-10-4-5-11-33(30)28-34)38-26-22-32(23-27-38)39-15-7-8-16-40(39)42-29-35-12-6-9-17-41(35)44-42/h1-29H. The van der Waals surface area contributed by atoms with E-state index in [9.17, 15) is 0 Å². The molecule has 1 aromatic heterocycles. The summed E-state index contributed by atoms with van der Waals surface area (Å²) >= 11 is 0. The van der Waals surface area contributed by atoms with Crippen LogP contribution in [-0.4, -0.2) is 0 Å². The van der Waals surface area contributed by atoms with Crippen LogP contribution in [0.3, 0.4) is 0 Å². The average Bonchev–Trinajstić information content (AvgIpc) is 3.54. The van der Waals surface area contributed by atoms with Gasteiger partial charge in [0.25, 0.3) is 0 Å². The lowest BCUT2D eigenvalue weighted by atomic mass is 9.97. The molecule has 0 amide bonds. The number of furan rings is 1. The van der Waals surface area contributed by atoms with E-state index in [1.54, 1.807) is 0 Å². The number of hydrogen-bond acceptors (Lipinski definition) is 2. The highest BCUT2D eigenvalue weighted by atomic mass is 16.3. The molecule has 0 bridgehead atoms. The third-order valence-electron chi connectivity index (χ3n) is 8.28. The Labute approximate surface area is 257 Å². The first-order valence-corrected chi connectivity index (χ1v) is 14.9. The number of hydrogen-bond donors (Lipinski definition) is 0. The van der Waals surface area contributed by atoms with E-state index in [-0.39, 0.29) is 0 Å². The average molecular weight is 564 g/mol. The van der Waals surface area contributed by atoms with Crippen molar-refractivity contribution in [3.05, 3.63) is 176 Å². The van der Waals surface area contributed by atoms with Gasteiger partial charge in [-0.1, -0.05) is 121 Å². The van der Waals surface area contributed by atoms with Crippen LogP contribution in [-0.2, 0) is 0 Å². The van der Waals surface area contributed by atoms with Gasteiger partial charge < -0.3 is 9.32 Å². The first kappa shape index (κ1) is 25.8. The van der Waals surface area contributed by atoms with E-state index >= 15 is 0 Å². The van der Waals surface area contributed by atoms with E-state index in [1.165, 1.54) is 21.9 Å². The molecule has 7 aromatic carbocycles. The summed E-state index contributed by atoms with van der Waals surface area (Å²) in [5.74, 6) is 0.878. The van der Waals surface area contributed by atoms with Crippen LogP contribution in [0.5, 0.6) is 0 Å². The first-order valence-electron chi connectivity index (χ1n) is 14.9. The number of nitrogens with zero attached hydrogens (tertiary/aromatic N) is 1. The molecule has 0 spiro atoms. The maximum absolute atomic E-state index is 6.25. The van der Waals surface area contributed by atoms with Gasteiger partial charge in [-0.15, -0.1) is 0 Å². The summed E-state index contributed by atoms with van der Waals surface area (Å²) in [6, 6.07) is 62.1. The summed E-state index contributed by atoms with van der Waals surface area (Å²) in [6.07, 6.45) is 0. The molecule has 0 saturated carbocycles. The predicted molar refractivity (Wildman–Crippen MR) is 185 cm³/mol. The first-order chi connectivity index (χ1) is 21.8. The van der Waals surface area contributed by atoms with Gasteiger partial charge in [-0.05, 0) is 87.6 Å². The topological polar surface area (TPSA) is 16.4 Å². The van der Waals surface area contributed by atoms with Crippen LogP contribution in [0.2, 0.25) is 0 Å². The Bertz CT molecular complexity index is 2180. The molecular weight excluding hydrogens is 534 g/mol. The minimum absolute atomic E-state index is 0.878. The molecule has 0 N–H and O–H groups in total. The lowest BCUT2D eigenvalue weighted by Crippen LogP contribution is -2.09. The van der Waals surface area contributed by atoms with Crippen LogP contribution in [0.25, 0.3) is 55.3 Å². The number of para-hydroxylation sites is 2. The molecule has 44 heavy (non-hydrogen) atoms. The van der Waals surface area contributed by atoms with Gasteiger partial charge in [0.05, 0.1) is 0 Å². The molecule has 0 aliphatic heterocycles. The molecule has 0 fully saturated rings. The van der Waals surface area contributed by atoms with Gasteiger partial charge in [0.15, 0.2) is 0 Å². The van der Waals surface area contributed by atoms with Crippen molar-refractivity contribution in [3.8, 4) is 33.6 Å². The summed E-state index contributed by atoms with van der Waals surface area (Å²) in [5.41, 5.74) is 10.0. The highest BCUT2D eigenvalue weighted by Crippen LogP contribution is 2.39. The third kappa shape index (κ3) is 4.83. The van der Waals surface area contributed by atoms with Gasteiger partial charge in [-0.25, -0.2) is 0 Å². The van der Waals surface area contributed by atoms with Crippen LogP contribution < -0.4 is 4.90 Å². The number of benzene rings is 7.